The van der Waals surface area contributed by atoms with Gasteiger partial charge in [0.2, 0.25) is 0 Å². The van der Waals surface area contributed by atoms with Crippen LogP contribution in [0.2, 0.25) is 0 Å². The van der Waals surface area contributed by atoms with Gasteiger partial charge in [-0.05, 0) is 32.4 Å². The van der Waals surface area contributed by atoms with Crippen molar-refractivity contribution in [3.63, 3.8) is 0 Å². The summed E-state index contributed by atoms with van der Waals surface area (Å²) in [5.74, 6) is -0.740. The summed E-state index contributed by atoms with van der Waals surface area (Å²) in [6.45, 7) is 6.31. The lowest BCUT2D eigenvalue weighted by atomic mass is 9.93. The average Bonchev–Trinajstić information content (AvgIpc) is 2.51. The molecule has 0 aliphatic heterocycles. The number of hydrogen-bond donors (Lipinski definition) is 1. The van der Waals surface area contributed by atoms with Crippen molar-refractivity contribution in [1.29, 1.82) is 0 Å². The molecule has 3 heteroatoms. The Morgan fingerprint density at radius 3 is 2.50 bits per heavy atom. The number of aliphatic carboxylic acids is 1. The van der Waals surface area contributed by atoms with E-state index in [9.17, 15) is 9.90 Å². The smallest absolute Gasteiger partial charge is 0.308 e. The summed E-state index contributed by atoms with van der Waals surface area (Å²) in [5.41, 5.74) is 0. The van der Waals surface area contributed by atoms with Crippen LogP contribution in [0.1, 0.15) is 52.4 Å². The lowest BCUT2D eigenvalue weighted by molar-refractivity contribution is -0.144. The van der Waals surface area contributed by atoms with Gasteiger partial charge < -0.3 is 5.11 Å². The van der Waals surface area contributed by atoms with Crippen LogP contribution in [0.3, 0.4) is 0 Å². The Morgan fingerprint density at radius 1 is 1.25 bits per heavy atom. The van der Waals surface area contributed by atoms with Gasteiger partial charge in [-0.1, -0.05) is 33.1 Å². The van der Waals surface area contributed by atoms with Gasteiger partial charge in [-0.15, -0.1) is 0 Å². The maximum absolute atomic E-state index is 11.3. The Morgan fingerprint density at radius 2 is 1.94 bits per heavy atom. The SMILES string of the molecule is CCCN(CC)C1CCCCCC1C(=O)O. The fraction of sp³-hybridized carbons (Fsp3) is 0.923. The van der Waals surface area contributed by atoms with E-state index >= 15 is 0 Å². The van der Waals surface area contributed by atoms with Crippen LogP contribution in [0.25, 0.3) is 0 Å². The van der Waals surface area contributed by atoms with Gasteiger partial charge >= 0.3 is 5.97 Å². The maximum atomic E-state index is 11.3. The molecule has 1 aliphatic rings. The lowest BCUT2D eigenvalue weighted by Gasteiger charge is -2.33. The van der Waals surface area contributed by atoms with Crippen LogP contribution in [0.5, 0.6) is 0 Å². The predicted octanol–water partition coefficient (Wildman–Crippen LogP) is 2.75. The molecule has 2 unspecified atom stereocenters. The van der Waals surface area contributed by atoms with Crippen LogP contribution in [0, 0.1) is 5.92 Å². The van der Waals surface area contributed by atoms with Gasteiger partial charge in [-0.25, -0.2) is 0 Å². The molecule has 0 saturated heterocycles. The van der Waals surface area contributed by atoms with E-state index < -0.39 is 5.97 Å². The average molecular weight is 227 g/mol. The predicted molar refractivity (Wildman–Crippen MR) is 65.5 cm³/mol. The van der Waals surface area contributed by atoms with E-state index in [1.165, 1.54) is 12.8 Å². The first kappa shape index (κ1) is 13.5. The minimum absolute atomic E-state index is 0.144. The van der Waals surface area contributed by atoms with Crippen molar-refractivity contribution in [1.82, 2.24) is 4.90 Å². The van der Waals surface area contributed by atoms with E-state index in [1.807, 2.05) is 0 Å². The van der Waals surface area contributed by atoms with Crippen molar-refractivity contribution in [3.8, 4) is 0 Å². The zero-order valence-electron chi connectivity index (χ0n) is 10.6. The molecule has 1 rings (SSSR count). The zero-order chi connectivity index (χ0) is 12.0. The highest BCUT2D eigenvalue weighted by atomic mass is 16.4. The molecule has 1 fully saturated rings. The van der Waals surface area contributed by atoms with Crippen molar-refractivity contribution < 1.29 is 9.90 Å². The number of nitrogens with zero attached hydrogens (tertiary/aromatic N) is 1. The molecule has 2 atom stereocenters. The Labute approximate surface area is 98.8 Å². The van der Waals surface area contributed by atoms with Gasteiger partial charge in [0.15, 0.2) is 0 Å². The van der Waals surface area contributed by atoms with E-state index in [2.05, 4.69) is 18.7 Å². The molecule has 1 aliphatic carbocycles. The monoisotopic (exact) mass is 227 g/mol. The molecule has 1 N–H and O–H groups in total. The first-order valence-corrected chi connectivity index (χ1v) is 6.67. The zero-order valence-corrected chi connectivity index (χ0v) is 10.6. The Hall–Kier alpha value is -0.570. The fourth-order valence-corrected chi connectivity index (χ4v) is 2.86. The fourth-order valence-electron chi connectivity index (χ4n) is 2.86. The second kappa shape index (κ2) is 6.89. The van der Waals surface area contributed by atoms with Crippen LogP contribution in [-0.4, -0.2) is 35.1 Å². The van der Waals surface area contributed by atoms with Gasteiger partial charge in [-0.2, -0.15) is 0 Å². The van der Waals surface area contributed by atoms with E-state index in [0.29, 0.717) is 0 Å². The highest BCUT2D eigenvalue weighted by Crippen LogP contribution is 2.27. The van der Waals surface area contributed by atoms with Gasteiger partial charge in [0.25, 0.3) is 0 Å². The summed E-state index contributed by atoms with van der Waals surface area (Å²) in [7, 11) is 0. The highest BCUT2D eigenvalue weighted by molar-refractivity contribution is 5.70. The molecule has 0 aromatic carbocycles. The third-order valence-electron chi connectivity index (χ3n) is 3.68. The molecule has 16 heavy (non-hydrogen) atoms. The van der Waals surface area contributed by atoms with Gasteiger partial charge in [0.05, 0.1) is 5.92 Å². The normalized spacial score (nSPS) is 26.7. The summed E-state index contributed by atoms with van der Waals surface area (Å²) in [6.07, 6.45) is 6.50. The summed E-state index contributed by atoms with van der Waals surface area (Å²) >= 11 is 0. The molecule has 0 amide bonds. The molecule has 0 aromatic rings. The van der Waals surface area contributed by atoms with Crippen LogP contribution < -0.4 is 0 Å². The molecule has 0 heterocycles. The van der Waals surface area contributed by atoms with Crippen molar-refractivity contribution in [2.45, 2.75) is 58.4 Å². The molecule has 0 radical (unpaired) electrons. The largest absolute Gasteiger partial charge is 0.481 e. The van der Waals surface area contributed by atoms with Crippen molar-refractivity contribution >= 4 is 5.97 Å². The van der Waals surface area contributed by atoms with Crippen molar-refractivity contribution in [2.24, 2.45) is 5.92 Å². The first-order valence-electron chi connectivity index (χ1n) is 6.67. The Bertz CT molecular complexity index is 218. The number of carboxylic acids is 1. The molecule has 94 valence electrons. The molecular weight excluding hydrogens is 202 g/mol. The second-order valence-corrected chi connectivity index (χ2v) is 4.78. The highest BCUT2D eigenvalue weighted by Gasteiger charge is 2.32. The van der Waals surface area contributed by atoms with Crippen LogP contribution >= 0.6 is 0 Å². The lowest BCUT2D eigenvalue weighted by Crippen LogP contribution is -2.43. The minimum Gasteiger partial charge on any atom is -0.481 e. The van der Waals surface area contributed by atoms with Crippen LogP contribution in [0.15, 0.2) is 0 Å². The van der Waals surface area contributed by atoms with Crippen molar-refractivity contribution in [3.05, 3.63) is 0 Å². The summed E-state index contributed by atoms with van der Waals surface area (Å²) < 4.78 is 0. The first-order chi connectivity index (χ1) is 7.70. The van der Waals surface area contributed by atoms with E-state index in [-0.39, 0.29) is 12.0 Å². The molecule has 0 aromatic heterocycles. The van der Waals surface area contributed by atoms with Gasteiger partial charge in [0, 0.05) is 6.04 Å². The third-order valence-corrected chi connectivity index (χ3v) is 3.68. The minimum atomic E-state index is -0.596. The summed E-state index contributed by atoms with van der Waals surface area (Å²) in [5, 5.41) is 9.32. The maximum Gasteiger partial charge on any atom is 0.308 e. The number of hydrogen-bond acceptors (Lipinski definition) is 2. The van der Waals surface area contributed by atoms with Gasteiger partial charge in [-0.3, -0.25) is 9.69 Å². The van der Waals surface area contributed by atoms with Crippen molar-refractivity contribution in [2.75, 3.05) is 13.1 Å². The molecular formula is C13H25NO2. The number of carbonyl (C=O) groups is 1. The molecule has 0 spiro atoms. The van der Waals surface area contributed by atoms with E-state index in [0.717, 1.165) is 38.8 Å². The molecule has 3 nitrogen and oxygen atoms in total. The van der Waals surface area contributed by atoms with E-state index in [4.69, 9.17) is 0 Å². The second-order valence-electron chi connectivity index (χ2n) is 4.78. The van der Waals surface area contributed by atoms with E-state index in [1.54, 1.807) is 0 Å². The topological polar surface area (TPSA) is 40.5 Å². The van der Waals surface area contributed by atoms with Crippen LogP contribution in [-0.2, 0) is 4.79 Å². The number of rotatable bonds is 5. The summed E-state index contributed by atoms with van der Waals surface area (Å²) in [6, 6.07) is 0.268. The number of carboxylic acid groups (broad SMARTS) is 1. The molecule has 1 saturated carbocycles. The Kier molecular flexibility index (Phi) is 5.81. The van der Waals surface area contributed by atoms with Gasteiger partial charge in [0.1, 0.15) is 0 Å². The quantitative estimate of drug-likeness (QED) is 0.734. The van der Waals surface area contributed by atoms with Crippen LogP contribution in [0.4, 0.5) is 0 Å². The molecule has 0 bridgehead atoms. The Balaban J connectivity index is 2.72. The summed E-state index contributed by atoms with van der Waals surface area (Å²) in [4.78, 5) is 13.7. The third kappa shape index (κ3) is 3.48. The standard InChI is InChI=1S/C13H25NO2/c1-3-10-14(4-2)12-9-7-5-6-8-11(12)13(15)16/h11-12H,3-10H2,1-2H3,(H,15,16).